The zero-order chi connectivity index (χ0) is 14.4. The van der Waals surface area contributed by atoms with Crippen LogP contribution in [0.3, 0.4) is 0 Å². The van der Waals surface area contributed by atoms with Crippen molar-refractivity contribution in [2.24, 2.45) is 0 Å². The van der Waals surface area contributed by atoms with E-state index in [1.807, 2.05) is 6.92 Å². The third-order valence-electron chi connectivity index (χ3n) is 2.65. The van der Waals surface area contributed by atoms with Crippen LogP contribution in [0.4, 0.5) is 5.82 Å². The van der Waals surface area contributed by atoms with Gasteiger partial charge in [-0.05, 0) is 19.1 Å². The summed E-state index contributed by atoms with van der Waals surface area (Å²) in [6.07, 6.45) is 1.51. The normalized spacial score (nSPS) is 9.89. The number of hydrogen-bond acceptors (Lipinski definition) is 5. The predicted molar refractivity (Wildman–Crippen MR) is 72.2 cm³/mol. The molecule has 6 nitrogen and oxygen atoms in total. The van der Waals surface area contributed by atoms with E-state index in [1.165, 1.54) is 18.2 Å². The maximum atomic E-state index is 11.7. The molecule has 0 N–H and O–H groups in total. The fraction of sp³-hybridized carbons (Fsp3) is 0.462. The van der Waals surface area contributed by atoms with Crippen molar-refractivity contribution in [1.29, 1.82) is 0 Å². The van der Waals surface area contributed by atoms with E-state index in [0.29, 0.717) is 17.9 Å². The highest BCUT2D eigenvalue weighted by atomic mass is 16.5. The number of rotatable bonds is 5. The Balaban J connectivity index is 2.84. The van der Waals surface area contributed by atoms with Crippen molar-refractivity contribution in [2.75, 3.05) is 39.2 Å². The standard InChI is InChI=1S/C13H19N3O3/c1-5-16(9-12(17)19-4)11-7-6-10(8-14-11)13(18)15(2)3/h6-8H,5,9H2,1-4H3. The lowest BCUT2D eigenvalue weighted by Gasteiger charge is -2.20. The van der Waals surface area contributed by atoms with Gasteiger partial charge in [-0.15, -0.1) is 0 Å². The van der Waals surface area contributed by atoms with Gasteiger partial charge in [0.1, 0.15) is 12.4 Å². The van der Waals surface area contributed by atoms with Crippen molar-refractivity contribution < 1.29 is 14.3 Å². The summed E-state index contributed by atoms with van der Waals surface area (Å²) >= 11 is 0. The minimum absolute atomic E-state index is 0.102. The second kappa shape index (κ2) is 6.72. The van der Waals surface area contributed by atoms with Gasteiger partial charge in [-0.3, -0.25) is 9.59 Å². The van der Waals surface area contributed by atoms with Gasteiger partial charge < -0.3 is 14.5 Å². The molecule has 0 aromatic carbocycles. The van der Waals surface area contributed by atoms with Crippen LogP contribution >= 0.6 is 0 Å². The summed E-state index contributed by atoms with van der Waals surface area (Å²) in [4.78, 5) is 30.5. The van der Waals surface area contributed by atoms with E-state index in [0.717, 1.165) is 0 Å². The van der Waals surface area contributed by atoms with E-state index in [4.69, 9.17) is 0 Å². The number of aromatic nitrogens is 1. The first-order valence-electron chi connectivity index (χ1n) is 5.99. The lowest BCUT2D eigenvalue weighted by atomic mass is 10.2. The first-order chi connectivity index (χ1) is 8.99. The molecule has 0 fully saturated rings. The Bertz CT molecular complexity index is 443. The van der Waals surface area contributed by atoms with Crippen LogP contribution in [0, 0.1) is 0 Å². The summed E-state index contributed by atoms with van der Waals surface area (Å²) in [5.74, 6) is 0.218. The van der Waals surface area contributed by atoms with Gasteiger partial charge in [0.25, 0.3) is 5.91 Å². The van der Waals surface area contributed by atoms with E-state index in [-0.39, 0.29) is 18.4 Å². The van der Waals surface area contributed by atoms with Crippen LogP contribution in [0.15, 0.2) is 18.3 Å². The topological polar surface area (TPSA) is 62.7 Å². The average Bonchev–Trinajstić information content (AvgIpc) is 2.43. The summed E-state index contributed by atoms with van der Waals surface area (Å²) in [5, 5.41) is 0. The monoisotopic (exact) mass is 265 g/mol. The summed E-state index contributed by atoms with van der Waals surface area (Å²) in [5.41, 5.74) is 0.517. The number of likely N-dealkylation sites (N-methyl/N-ethyl adjacent to an activating group) is 1. The molecule has 6 heteroatoms. The van der Waals surface area contributed by atoms with Crippen molar-refractivity contribution in [3.63, 3.8) is 0 Å². The third-order valence-corrected chi connectivity index (χ3v) is 2.65. The highest BCUT2D eigenvalue weighted by Gasteiger charge is 2.13. The maximum Gasteiger partial charge on any atom is 0.325 e. The number of methoxy groups -OCH3 is 1. The van der Waals surface area contributed by atoms with Crippen molar-refractivity contribution in [3.05, 3.63) is 23.9 Å². The molecule has 0 aliphatic rings. The molecule has 0 spiro atoms. The van der Waals surface area contributed by atoms with E-state index in [9.17, 15) is 9.59 Å². The number of pyridine rings is 1. The van der Waals surface area contributed by atoms with Crippen LogP contribution < -0.4 is 4.90 Å². The highest BCUT2D eigenvalue weighted by molar-refractivity contribution is 5.93. The smallest absolute Gasteiger partial charge is 0.325 e. The Morgan fingerprint density at radius 2 is 2.00 bits per heavy atom. The number of amides is 1. The van der Waals surface area contributed by atoms with Gasteiger partial charge in [-0.1, -0.05) is 0 Å². The molecule has 1 aromatic heterocycles. The van der Waals surface area contributed by atoms with Gasteiger partial charge in [0.05, 0.1) is 12.7 Å². The molecule has 1 amide bonds. The lowest BCUT2D eigenvalue weighted by molar-refractivity contribution is -0.138. The number of esters is 1. The molecule has 0 radical (unpaired) electrons. The number of nitrogens with zero attached hydrogens (tertiary/aromatic N) is 3. The fourth-order valence-corrected chi connectivity index (χ4v) is 1.53. The molecule has 1 heterocycles. The van der Waals surface area contributed by atoms with Gasteiger partial charge >= 0.3 is 5.97 Å². The van der Waals surface area contributed by atoms with Crippen LogP contribution in [0.2, 0.25) is 0 Å². The van der Waals surface area contributed by atoms with Crippen LogP contribution in [-0.4, -0.2) is 56.1 Å². The molecular weight excluding hydrogens is 246 g/mol. The van der Waals surface area contributed by atoms with Gasteiger partial charge in [0, 0.05) is 26.8 Å². The van der Waals surface area contributed by atoms with E-state index in [2.05, 4.69) is 9.72 Å². The average molecular weight is 265 g/mol. The molecule has 1 aromatic rings. The van der Waals surface area contributed by atoms with Gasteiger partial charge in [0.15, 0.2) is 0 Å². The second-order valence-electron chi connectivity index (χ2n) is 4.19. The Kier molecular flexibility index (Phi) is 5.29. The molecule has 0 saturated carbocycles. The Hall–Kier alpha value is -2.11. The van der Waals surface area contributed by atoms with Crippen molar-refractivity contribution in [1.82, 2.24) is 9.88 Å². The first kappa shape index (κ1) is 14.9. The highest BCUT2D eigenvalue weighted by Crippen LogP contribution is 2.12. The zero-order valence-corrected chi connectivity index (χ0v) is 11.7. The largest absolute Gasteiger partial charge is 0.468 e. The Labute approximate surface area is 113 Å². The SMILES string of the molecule is CCN(CC(=O)OC)c1ccc(C(=O)N(C)C)cn1. The van der Waals surface area contributed by atoms with E-state index in [1.54, 1.807) is 31.1 Å². The molecular formula is C13H19N3O3. The number of hydrogen-bond donors (Lipinski definition) is 0. The van der Waals surface area contributed by atoms with Gasteiger partial charge in [-0.2, -0.15) is 0 Å². The summed E-state index contributed by atoms with van der Waals surface area (Å²) in [6.45, 7) is 2.69. The lowest BCUT2D eigenvalue weighted by Crippen LogP contribution is -2.31. The number of carbonyl (C=O) groups excluding carboxylic acids is 2. The van der Waals surface area contributed by atoms with Crippen LogP contribution in [0.25, 0.3) is 0 Å². The summed E-state index contributed by atoms with van der Waals surface area (Å²) < 4.78 is 4.63. The second-order valence-corrected chi connectivity index (χ2v) is 4.19. The van der Waals surface area contributed by atoms with Gasteiger partial charge in [-0.25, -0.2) is 4.98 Å². The number of anilines is 1. The Morgan fingerprint density at radius 1 is 1.32 bits per heavy atom. The maximum absolute atomic E-state index is 11.7. The summed E-state index contributed by atoms with van der Waals surface area (Å²) in [6, 6.07) is 3.42. The van der Waals surface area contributed by atoms with Crippen molar-refractivity contribution >= 4 is 17.7 Å². The predicted octanol–water partition coefficient (Wildman–Crippen LogP) is 0.783. The Morgan fingerprint density at radius 3 is 2.42 bits per heavy atom. The molecule has 0 atom stereocenters. The molecule has 0 aliphatic heterocycles. The molecule has 0 aliphatic carbocycles. The van der Waals surface area contributed by atoms with E-state index < -0.39 is 0 Å². The molecule has 1 rings (SSSR count). The number of ether oxygens (including phenoxy) is 1. The third kappa shape index (κ3) is 3.94. The van der Waals surface area contributed by atoms with Crippen LogP contribution in [0.5, 0.6) is 0 Å². The quantitative estimate of drug-likeness (QED) is 0.736. The van der Waals surface area contributed by atoms with Gasteiger partial charge in [0.2, 0.25) is 0 Å². The minimum Gasteiger partial charge on any atom is -0.468 e. The van der Waals surface area contributed by atoms with Crippen LogP contribution in [-0.2, 0) is 9.53 Å². The van der Waals surface area contributed by atoms with Crippen molar-refractivity contribution in [2.45, 2.75) is 6.92 Å². The van der Waals surface area contributed by atoms with Crippen LogP contribution in [0.1, 0.15) is 17.3 Å². The first-order valence-corrected chi connectivity index (χ1v) is 5.99. The van der Waals surface area contributed by atoms with E-state index >= 15 is 0 Å². The fourth-order valence-electron chi connectivity index (χ4n) is 1.53. The molecule has 0 unspecified atom stereocenters. The number of carbonyl (C=O) groups is 2. The molecule has 0 bridgehead atoms. The summed E-state index contributed by atoms with van der Waals surface area (Å²) in [7, 11) is 4.72. The van der Waals surface area contributed by atoms with Crippen molar-refractivity contribution in [3.8, 4) is 0 Å². The molecule has 19 heavy (non-hydrogen) atoms. The molecule has 0 saturated heterocycles. The molecule has 104 valence electrons. The minimum atomic E-state index is -0.322. The zero-order valence-electron chi connectivity index (χ0n) is 11.7.